The summed E-state index contributed by atoms with van der Waals surface area (Å²) in [7, 11) is 1.32. The van der Waals surface area contributed by atoms with Crippen molar-refractivity contribution in [3.63, 3.8) is 0 Å². The van der Waals surface area contributed by atoms with E-state index in [0.717, 1.165) is 10.4 Å². The smallest absolute Gasteiger partial charge is 0.341 e. The number of hydrogen-bond donors (Lipinski definition) is 3. The van der Waals surface area contributed by atoms with Gasteiger partial charge in [-0.1, -0.05) is 0 Å². The number of methoxy groups -OCH3 is 1. The molecule has 9 nitrogen and oxygen atoms in total. The van der Waals surface area contributed by atoms with E-state index in [1.807, 2.05) is 13.8 Å². The Kier molecular flexibility index (Phi) is 6.63. The number of fused-ring (bicyclic) bond motifs is 1. The van der Waals surface area contributed by atoms with Crippen LogP contribution in [0.2, 0.25) is 0 Å². The number of ether oxygens (including phenoxy) is 4. The highest BCUT2D eigenvalue weighted by molar-refractivity contribution is 7.80. The molecule has 1 aromatic heterocycles. The van der Waals surface area contributed by atoms with Crippen LogP contribution in [-0.4, -0.2) is 37.0 Å². The van der Waals surface area contributed by atoms with Gasteiger partial charge in [-0.05, 0) is 50.7 Å². The predicted octanol–water partition coefficient (Wildman–Crippen LogP) is 2.67. The Bertz CT molecular complexity index is 991. The van der Waals surface area contributed by atoms with Gasteiger partial charge in [0.05, 0.1) is 12.7 Å². The van der Waals surface area contributed by atoms with Crippen LogP contribution in [0.4, 0.5) is 5.00 Å². The molecule has 1 aliphatic heterocycles. The molecule has 3 rings (SSSR count). The second-order valence-corrected chi connectivity index (χ2v) is 7.96. The highest BCUT2D eigenvalue weighted by Gasteiger charge is 2.22. The Morgan fingerprint density at radius 3 is 2.67 bits per heavy atom. The van der Waals surface area contributed by atoms with Crippen LogP contribution >= 0.6 is 23.6 Å². The van der Waals surface area contributed by atoms with E-state index in [4.69, 9.17) is 31.2 Å². The summed E-state index contributed by atoms with van der Waals surface area (Å²) < 4.78 is 21.0. The lowest BCUT2D eigenvalue weighted by atomic mass is 10.1. The lowest BCUT2D eigenvalue weighted by molar-refractivity contribution is -0.127. The molecule has 11 heteroatoms. The first-order valence-corrected chi connectivity index (χ1v) is 10.1. The van der Waals surface area contributed by atoms with Crippen molar-refractivity contribution in [2.24, 2.45) is 0 Å². The van der Waals surface area contributed by atoms with Gasteiger partial charge in [-0.3, -0.25) is 15.6 Å². The van der Waals surface area contributed by atoms with Gasteiger partial charge in [0.25, 0.3) is 5.91 Å². The molecule has 0 fully saturated rings. The number of thiophene rings is 1. The monoisotopic (exact) mass is 451 g/mol. The third kappa shape index (κ3) is 4.74. The van der Waals surface area contributed by atoms with Crippen molar-refractivity contribution in [2.45, 2.75) is 26.9 Å². The highest BCUT2D eigenvalue weighted by Crippen LogP contribution is 2.35. The summed E-state index contributed by atoms with van der Waals surface area (Å²) in [5.74, 6) is 0.754. The third-order valence-corrected chi connectivity index (χ3v) is 5.65. The van der Waals surface area contributed by atoms with Gasteiger partial charge < -0.3 is 24.3 Å². The summed E-state index contributed by atoms with van der Waals surface area (Å²) >= 11 is 6.57. The average Bonchev–Trinajstić information content (AvgIpc) is 3.29. The van der Waals surface area contributed by atoms with Crippen LogP contribution in [0.5, 0.6) is 17.2 Å². The molecule has 1 atom stereocenters. The Morgan fingerprint density at radius 1 is 1.20 bits per heavy atom. The van der Waals surface area contributed by atoms with Crippen molar-refractivity contribution in [3.05, 3.63) is 34.2 Å². The summed E-state index contributed by atoms with van der Waals surface area (Å²) in [5, 5.41) is 3.56. The number of aryl methyl sites for hydroxylation is 1. The fourth-order valence-electron chi connectivity index (χ4n) is 2.63. The second kappa shape index (κ2) is 9.18. The maximum absolute atomic E-state index is 12.3. The number of amides is 1. The molecule has 1 aliphatic rings. The maximum atomic E-state index is 12.3. The van der Waals surface area contributed by atoms with Crippen molar-refractivity contribution in [1.82, 2.24) is 10.9 Å². The van der Waals surface area contributed by atoms with E-state index in [1.165, 1.54) is 18.4 Å². The van der Waals surface area contributed by atoms with Gasteiger partial charge in [0.2, 0.25) is 6.79 Å². The molecule has 30 heavy (non-hydrogen) atoms. The number of hydrazine groups is 1. The van der Waals surface area contributed by atoms with Gasteiger partial charge in [-0.25, -0.2) is 4.79 Å². The first-order valence-electron chi connectivity index (χ1n) is 8.91. The van der Waals surface area contributed by atoms with E-state index in [9.17, 15) is 9.59 Å². The first-order chi connectivity index (χ1) is 14.3. The van der Waals surface area contributed by atoms with Crippen LogP contribution in [0.25, 0.3) is 0 Å². The van der Waals surface area contributed by atoms with E-state index >= 15 is 0 Å². The Labute approximate surface area is 182 Å². The molecule has 3 N–H and O–H groups in total. The van der Waals surface area contributed by atoms with Gasteiger partial charge in [0.15, 0.2) is 22.7 Å². The molecule has 0 saturated carbocycles. The quantitative estimate of drug-likeness (QED) is 0.359. The summed E-state index contributed by atoms with van der Waals surface area (Å²) in [6.07, 6.45) is -0.808. The Hall–Kier alpha value is -3.05. The van der Waals surface area contributed by atoms with E-state index < -0.39 is 18.0 Å². The number of carbonyl (C=O) groups is 2. The third-order valence-electron chi connectivity index (χ3n) is 4.33. The van der Waals surface area contributed by atoms with E-state index in [2.05, 4.69) is 16.2 Å². The zero-order valence-electron chi connectivity index (χ0n) is 16.8. The number of hydrogen-bond acceptors (Lipinski definition) is 8. The molecule has 1 unspecified atom stereocenters. The molecule has 0 spiro atoms. The number of nitrogens with one attached hydrogen (secondary N) is 3. The molecule has 160 valence electrons. The maximum Gasteiger partial charge on any atom is 0.341 e. The van der Waals surface area contributed by atoms with Gasteiger partial charge in [0, 0.05) is 10.9 Å². The molecule has 1 aromatic carbocycles. The minimum absolute atomic E-state index is 0.116. The van der Waals surface area contributed by atoms with Crippen LogP contribution in [0.15, 0.2) is 18.2 Å². The first kappa shape index (κ1) is 21.7. The molecular formula is C19H21N3O6S2. The largest absolute Gasteiger partial charge is 0.481 e. The predicted molar refractivity (Wildman–Crippen MR) is 115 cm³/mol. The summed E-state index contributed by atoms with van der Waals surface area (Å²) in [6.45, 7) is 5.48. The lowest BCUT2D eigenvalue weighted by Crippen LogP contribution is -2.48. The zero-order chi connectivity index (χ0) is 21.8. The summed E-state index contributed by atoms with van der Waals surface area (Å²) in [4.78, 5) is 25.3. The van der Waals surface area contributed by atoms with Crippen LogP contribution < -0.4 is 30.4 Å². The normalized spacial score (nSPS) is 12.7. The van der Waals surface area contributed by atoms with Crippen molar-refractivity contribution >= 4 is 45.5 Å². The van der Waals surface area contributed by atoms with E-state index in [-0.39, 0.29) is 11.9 Å². The second-order valence-electron chi connectivity index (χ2n) is 6.32. The van der Waals surface area contributed by atoms with Crippen LogP contribution in [0, 0.1) is 13.8 Å². The lowest BCUT2D eigenvalue weighted by Gasteiger charge is -2.16. The summed E-state index contributed by atoms with van der Waals surface area (Å²) in [5.41, 5.74) is 6.30. The average molecular weight is 452 g/mol. The van der Waals surface area contributed by atoms with Crippen molar-refractivity contribution < 1.29 is 28.5 Å². The fraction of sp³-hybridized carbons (Fsp3) is 0.316. The van der Waals surface area contributed by atoms with Crippen molar-refractivity contribution in [3.8, 4) is 17.2 Å². The SMILES string of the molecule is COC(=O)c1c(NC(=S)NNC(=O)C(C)Oc2ccc3c(c2)OCO3)sc(C)c1C. The number of anilines is 1. The minimum Gasteiger partial charge on any atom is -0.481 e. The van der Waals surface area contributed by atoms with Gasteiger partial charge in [-0.15, -0.1) is 11.3 Å². The molecule has 0 saturated heterocycles. The molecule has 0 radical (unpaired) electrons. The number of esters is 1. The molecule has 0 bridgehead atoms. The number of carbonyl (C=O) groups excluding carboxylic acids is 2. The standard InChI is InChI=1S/C19H21N3O6S2/c1-9-11(3)30-17(15(9)18(24)25-4)20-19(29)22-21-16(23)10(2)28-12-5-6-13-14(7-12)27-8-26-13/h5-7,10H,8H2,1-4H3,(H,21,23)(H2,20,22,29). The molecule has 2 aromatic rings. The molecule has 2 heterocycles. The van der Waals surface area contributed by atoms with Crippen LogP contribution in [0.1, 0.15) is 27.7 Å². The van der Waals surface area contributed by atoms with E-state index in [1.54, 1.807) is 25.1 Å². The fourth-order valence-corrected chi connectivity index (χ4v) is 3.90. The topological polar surface area (TPSA) is 107 Å². The van der Waals surface area contributed by atoms with Crippen LogP contribution in [-0.2, 0) is 9.53 Å². The van der Waals surface area contributed by atoms with Gasteiger partial charge in [-0.2, -0.15) is 0 Å². The van der Waals surface area contributed by atoms with Crippen molar-refractivity contribution in [1.29, 1.82) is 0 Å². The van der Waals surface area contributed by atoms with Gasteiger partial charge in [0.1, 0.15) is 10.8 Å². The molecular weight excluding hydrogens is 430 g/mol. The number of thiocarbonyl (C=S) groups is 1. The van der Waals surface area contributed by atoms with Gasteiger partial charge >= 0.3 is 5.97 Å². The molecule has 1 amide bonds. The van der Waals surface area contributed by atoms with Crippen LogP contribution in [0.3, 0.4) is 0 Å². The summed E-state index contributed by atoms with van der Waals surface area (Å²) in [6, 6.07) is 5.05. The minimum atomic E-state index is -0.808. The highest BCUT2D eigenvalue weighted by atomic mass is 32.1. The Balaban J connectivity index is 1.54. The Morgan fingerprint density at radius 2 is 1.93 bits per heavy atom. The molecule has 0 aliphatic carbocycles. The number of rotatable bonds is 5. The zero-order valence-corrected chi connectivity index (χ0v) is 18.4. The van der Waals surface area contributed by atoms with Crippen molar-refractivity contribution in [2.75, 3.05) is 19.2 Å². The number of benzene rings is 1. The van der Waals surface area contributed by atoms with E-state index in [0.29, 0.717) is 27.8 Å².